The van der Waals surface area contributed by atoms with Gasteiger partial charge in [0.05, 0.1) is 6.04 Å². The van der Waals surface area contributed by atoms with E-state index in [1.807, 2.05) is 32.0 Å². The highest BCUT2D eigenvalue weighted by atomic mass is 16.2. The van der Waals surface area contributed by atoms with Crippen molar-refractivity contribution in [3.05, 3.63) is 58.7 Å². The van der Waals surface area contributed by atoms with Gasteiger partial charge < -0.3 is 15.5 Å². The van der Waals surface area contributed by atoms with E-state index in [0.29, 0.717) is 12.2 Å². The summed E-state index contributed by atoms with van der Waals surface area (Å²) in [5.41, 5.74) is 6.75. The number of likely N-dealkylation sites (N-methyl/N-ethyl adjacent to an activating group) is 1. The second-order valence-electron chi connectivity index (χ2n) is 9.14. The van der Waals surface area contributed by atoms with Crippen LogP contribution < -0.4 is 15.5 Å². The second-order valence-corrected chi connectivity index (χ2v) is 9.14. The van der Waals surface area contributed by atoms with Crippen molar-refractivity contribution in [1.82, 2.24) is 10.2 Å². The van der Waals surface area contributed by atoms with E-state index in [0.717, 1.165) is 37.2 Å². The third-order valence-electron chi connectivity index (χ3n) is 6.87. The van der Waals surface area contributed by atoms with Gasteiger partial charge in [-0.2, -0.15) is 0 Å². The Morgan fingerprint density at radius 3 is 2.47 bits per heavy atom. The molecule has 2 aromatic rings. The first-order valence-electron chi connectivity index (χ1n) is 11.7. The first-order valence-corrected chi connectivity index (χ1v) is 11.7. The van der Waals surface area contributed by atoms with Crippen LogP contribution in [-0.4, -0.2) is 49.9 Å². The molecule has 2 aliphatic heterocycles. The van der Waals surface area contributed by atoms with Crippen LogP contribution in [0.1, 0.15) is 47.6 Å². The van der Waals surface area contributed by atoms with Crippen LogP contribution in [-0.2, 0) is 16.0 Å². The van der Waals surface area contributed by atoms with Crippen LogP contribution in [0.25, 0.3) is 0 Å². The Morgan fingerprint density at radius 2 is 1.72 bits per heavy atom. The highest BCUT2D eigenvalue weighted by Crippen LogP contribution is 2.32. The van der Waals surface area contributed by atoms with Crippen molar-refractivity contribution in [2.75, 3.05) is 43.4 Å². The van der Waals surface area contributed by atoms with Crippen molar-refractivity contribution in [2.24, 2.45) is 0 Å². The molecule has 1 fully saturated rings. The fraction of sp³-hybridized carbons (Fsp3) is 0.462. The molecule has 2 heterocycles. The van der Waals surface area contributed by atoms with Gasteiger partial charge in [-0.05, 0) is 86.7 Å². The molecule has 2 aliphatic rings. The summed E-state index contributed by atoms with van der Waals surface area (Å²) >= 11 is 0. The molecule has 0 saturated carbocycles. The monoisotopic (exact) mass is 434 g/mol. The fourth-order valence-electron chi connectivity index (χ4n) is 4.76. The van der Waals surface area contributed by atoms with Gasteiger partial charge in [0.25, 0.3) is 0 Å². The third-order valence-corrected chi connectivity index (χ3v) is 6.87. The number of carbonyl (C=O) groups is 2. The van der Waals surface area contributed by atoms with Crippen molar-refractivity contribution < 1.29 is 9.59 Å². The molecule has 0 aliphatic carbocycles. The SMILES string of the molecule is Cc1ccc(NC(=O)C(=O)NCC(c2ccc3c(c2)CCN3C)N2CCCCC2)cc1C. The number of nitrogens with zero attached hydrogens (tertiary/aromatic N) is 2. The maximum Gasteiger partial charge on any atom is 0.313 e. The van der Waals surface area contributed by atoms with Crippen LogP contribution in [0.15, 0.2) is 36.4 Å². The molecule has 1 saturated heterocycles. The molecule has 32 heavy (non-hydrogen) atoms. The lowest BCUT2D eigenvalue weighted by Crippen LogP contribution is -2.43. The summed E-state index contributed by atoms with van der Waals surface area (Å²) in [7, 11) is 2.13. The lowest BCUT2D eigenvalue weighted by molar-refractivity contribution is -0.136. The molecule has 0 bridgehead atoms. The first-order chi connectivity index (χ1) is 15.4. The summed E-state index contributed by atoms with van der Waals surface area (Å²) in [6.07, 6.45) is 4.65. The number of amides is 2. The molecule has 2 N–H and O–H groups in total. The summed E-state index contributed by atoms with van der Waals surface area (Å²) in [6.45, 7) is 7.52. The van der Waals surface area contributed by atoms with Gasteiger partial charge in [0.1, 0.15) is 0 Å². The predicted octanol–water partition coefficient (Wildman–Crippen LogP) is 3.58. The van der Waals surface area contributed by atoms with Crippen molar-refractivity contribution in [3.63, 3.8) is 0 Å². The Kier molecular flexibility index (Phi) is 6.80. The lowest BCUT2D eigenvalue weighted by Gasteiger charge is -2.35. The minimum Gasteiger partial charge on any atom is -0.374 e. The van der Waals surface area contributed by atoms with E-state index in [9.17, 15) is 9.59 Å². The third kappa shape index (κ3) is 4.96. The van der Waals surface area contributed by atoms with Crippen LogP contribution in [0.5, 0.6) is 0 Å². The zero-order valence-corrected chi connectivity index (χ0v) is 19.4. The number of aryl methyl sites for hydroxylation is 2. The summed E-state index contributed by atoms with van der Waals surface area (Å²) in [5, 5.41) is 5.62. The normalized spacial score (nSPS) is 17.0. The maximum atomic E-state index is 12.6. The van der Waals surface area contributed by atoms with E-state index >= 15 is 0 Å². The molecule has 6 nitrogen and oxygen atoms in total. The number of piperidine rings is 1. The van der Waals surface area contributed by atoms with Crippen molar-refractivity contribution in [2.45, 2.75) is 45.6 Å². The number of hydrogen-bond acceptors (Lipinski definition) is 4. The number of anilines is 2. The van der Waals surface area contributed by atoms with E-state index in [4.69, 9.17) is 0 Å². The number of hydrogen-bond donors (Lipinski definition) is 2. The molecule has 170 valence electrons. The number of benzene rings is 2. The van der Waals surface area contributed by atoms with Gasteiger partial charge in [-0.25, -0.2) is 0 Å². The quantitative estimate of drug-likeness (QED) is 0.706. The van der Waals surface area contributed by atoms with E-state index < -0.39 is 11.8 Å². The molecule has 0 spiro atoms. The summed E-state index contributed by atoms with van der Waals surface area (Å²) in [6, 6.07) is 12.4. The summed E-state index contributed by atoms with van der Waals surface area (Å²) in [4.78, 5) is 29.8. The highest BCUT2D eigenvalue weighted by molar-refractivity contribution is 6.39. The molecule has 2 aromatic carbocycles. The van der Waals surface area contributed by atoms with Gasteiger partial charge in [-0.3, -0.25) is 14.5 Å². The first kappa shape index (κ1) is 22.3. The number of rotatable bonds is 5. The molecule has 0 radical (unpaired) electrons. The number of carbonyl (C=O) groups excluding carboxylic acids is 2. The predicted molar refractivity (Wildman–Crippen MR) is 129 cm³/mol. The van der Waals surface area contributed by atoms with Gasteiger partial charge in [0.15, 0.2) is 0 Å². The van der Waals surface area contributed by atoms with Crippen LogP contribution in [0.2, 0.25) is 0 Å². The second kappa shape index (κ2) is 9.74. The average molecular weight is 435 g/mol. The van der Waals surface area contributed by atoms with Crippen LogP contribution >= 0.6 is 0 Å². The highest BCUT2D eigenvalue weighted by Gasteiger charge is 2.26. The summed E-state index contributed by atoms with van der Waals surface area (Å²) in [5.74, 6) is -1.22. The van der Waals surface area contributed by atoms with Crippen molar-refractivity contribution in [1.29, 1.82) is 0 Å². The molecule has 4 rings (SSSR count). The number of fused-ring (bicyclic) bond motifs is 1. The molecule has 0 aromatic heterocycles. The Hall–Kier alpha value is -2.86. The molecular formula is C26H34N4O2. The minimum atomic E-state index is -0.624. The largest absolute Gasteiger partial charge is 0.374 e. The van der Waals surface area contributed by atoms with Gasteiger partial charge in [0.2, 0.25) is 0 Å². The van der Waals surface area contributed by atoms with E-state index in [-0.39, 0.29) is 6.04 Å². The number of likely N-dealkylation sites (tertiary alicyclic amines) is 1. The van der Waals surface area contributed by atoms with E-state index in [1.54, 1.807) is 0 Å². The fourth-order valence-corrected chi connectivity index (χ4v) is 4.76. The standard InChI is InChI=1S/C26H34N4O2/c1-18-7-9-22(15-19(18)2)28-26(32)25(31)27-17-24(30-12-5-4-6-13-30)20-8-10-23-21(16-20)11-14-29(23)3/h7-10,15-16,24H,4-6,11-14,17H2,1-3H3,(H,27,31)(H,28,32). The summed E-state index contributed by atoms with van der Waals surface area (Å²) < 4.78 is 0. The average Bonchev–Trinajstić information content (AvgIpc) is 3.17. The van der Waals surface area contributed by atoms with Gasteiger partial charge in [-0.15, -0.1) is 0 Å². The molecule has 1 atom stereocenters. The van der Waals surface area contributed by atoms with Gasteiger partial charge in [0, 0.05) is 31.5 Å². The Labute approximate surface area is 191 Å². The Morgan fingerprint density at radius 1 is 0.938 bits per heavy atom. The molecular weight excluding hydrogens is 400 g/mol. The Bertz CT molecular complexity index is 997. The zero-order valence-electron chi connectivity index (χ0n) is 19.4. The van der Waals surface area contributed by atoms with Gasteiger partial charge >= 0.3 is 11.8 Å². The maximum absolute atomic E-state index is 12.6. The smallest absolute Gasteiger partial charge is 0.313 e. The molecule has 6 heteroatoms. The zero-order chi connectivity index (χ0) is 22.7. The van der Waals surface area contributed by atoms with Crippen LogP contribution in [0.4, 0.5) is 11.4 Å². The topological polar surface area (TPSA) is 64.7 Å². The lowest BCUT2D eigenvalue weighted by atomic mass is 9.98. The van der Waals surface area contributed by atoms with Crippen molar-refractivity contribution in [3.8, 4) is 0 Å². The minimum absolute atomic E-state index is 0.0740. The van der Waals surface area contributed by atoms with Gasteiger partial charge in [-0.1, -0.05) is 24.6 Å². The van der Waals surface area contributed by atoms with Crippen LogP contribution in [0.3, 0.4) is 0 Å². The van der Waals surface area contributed by atoms with Crippen LogP contribution in [0, 0.1) is 13.8 Å². The van der Waals surface area contributed by atoms with E-state index in [2.05, 4.69) is 45.7 Å². The van der Waals surface area contributed by atoms with Crippen molar-refractivity contribution >= 4 is 23.2 Å². The Balaban J connectivity index is 1.44. The number of nitrogens with one attached hydrogen (secondary N) is 2. The van der Waals surface area contributed by atoms with E-state index in [1.165, 1.54) is 36.1 Å². The molecule has 1 unspecified atom stereocenters. The molecule has 2 amide bonds.